The first-order valence-corrected chi connectivity index (χ1v) is 6.24. The summed E-state index contributed by atoms with van der Waals surface area (Å²) in [7, 11) is 0. The van der Waals surface area contributed by atoms with Crippen molar-refractivity contribution in [2.24, 2.45) is 5.92 Å². The van der Waals surface area contributed by atoms with Crippen molar-refractivity contribution in [3.05, 3.63) is 35.4 Å². The summed E-state index contributed by atoms with van der Waals surface area (Å²) < 4.78 is 26.5. The fourth-order valence-electron chi connectivity index (χ4n) is 2.89. The van der Waals surface area contributed by atoms with Crippen molar-refractivity contribution >= 4 is 5.97 Å². The largest absolute Gasteiger partial charge is 0.481 e. The van der Waals surface area contributed by atoms with Gasteiger partial charge in [-0.3, -0.25) is 4.79 Å². The molecule has 0 saturated heterocycles. The third kappa shape index (κ3) is 3.06. The van der Waals surface area contributed by atoms with Crippen LogP contribution in [0.5, 0.6) is 0 Å². The fourth-order valence-corrected chi connectivity index (χ4v) is 2.89. The second-order valence-electron chi connectivity index (χ2n) is 4.95. The number of carboxylic acid groups (broad SMARTS) is 1. The van der Waals surface area contributed by atoms with Gasteiger partial charge in [-0.1, -0.05) is 12.8 Å². The van der Waals surface area contributed by atoms with Gasteiger partial charge in [0.25, 0.3) is 0 Å². The molecule has 0 heterocycles. The van der Waals surface area contributed by atoms with Crippen LogP contribution in [0.1, 0.15) is 43.6 Å². The summed E-state index contributed by atoms with van der Waals surface area (Å²) in [4.78, 5) is 10.9. The third-order valence-electron chi connectivity index (χ3n) is 3.68. The summed E-state index contributed by atoms with van der Waals surface area (Å²) in [5, 5.41) is 8.96. The molecule has 0 radical (unpaired) electrons. The average molecular weight is 254 g/mol. The smallest absolute Gasteiger partial charge is 0.303 e. The van der Waals surface area contributed by atoms with Crippen LogP contribution in [0.4, 0.5) is 8.78 Å². The summed E-state index contributed by atoms with van der Waals surface area (Å²) >= 11 is 0. The van der Waals surface area contributed by atoms with Gasteiger partial charge < -0.3 is 5.11 Å². The zero-order chi connectivity index (χ0) is 13.1. The highest BCUT2D eigenvalue weighted by atomic mass is 19.1. The minimum absolute atomic E-state index is 0.0619. The van der Waals surface area contributed by atoms with Crippen molar-refractivity contribution in [2.75, 3.05) is 0 Å². The van der Waals surface area contributed by atoms with E-state index in [9.17, 15) is 13.6 Å². The van der Waals surface area contributed by atoms with Crippen molar-refractivity contribution in [3.63, 3.8) is 0 Å². The first kappa shape index (κ1) is 13.0. The maximum Gasteiger partial charge on any atom is 0.303 e. The van der Waals surface area contributed by atoms with Crippen LogP contribution in [0.3, 0.4) is 0 Å². The van der Waals surface area contributed by atoms with Crippen molar-refractivity contribution < 1.29 is 18.7 Å². The molecule has 0 amide bonds. The second-order valence-corrected chi connectivity index (χ2v) is 4.95. The highest BCUT2D eigenvalue weighted by molar-refractivity contribution is 5.68. The average Bonchev–Trinajstić information content (AvgIpc) is 2.77. The van der Waals surface area contributed by atoms with E-state index in [0.717, 1.165) is 31.7 Å². The van der Waals surface area contributed by atoms with Crippen LogP contribution in [0, 0.1) is 17.6 Å². The molecule has 1 aromatic carbocycles. The van der Waals surface area contributed by atoms with Gasteiger partial charge in [0, 0.05) is 6.07 Å². The molecule has 0 bridgehead atoms. The third-order valence-corrected chi connectivity index (χ3v) is 3.68. The molecule has 2 rings (SSSR count). The van der Waals surface area contributed by atoms with Crippen molar-refractivity contribution in [1.82, 2.24) is 0 Å². The summed E-state index contributed by atoms with van der Waals surface area (Å²) in [6.45, 7) is 0. The summed E-state index contributed by atoms with van der Waals surface area (Å²) in [5.41, 5.74) is 0.474. The van der Waals surface area contributed by atoms with Gasteiger partial charge in [-0.05, 0) is 42.4 Å². The molecule has 1 atom stereocenters. The molecule has 1 aliphatic carbocycles. The van der Waals surface area contributed by atoms with E-state index in [0.29, 0.717) is 5.56 Å². The van der Waals surface area contributed by atoms with E-state index in [1.807, 2.05) is 0 Å². The lowest BCUT2D eigenvalue weighted by atomic mass is 9.82. The highest BCUT2D eigenvalue weighted by Crippen LogP contribution is 2.39. The molecule has 2 nitrogen and oxygen atoms in total. The van der Waals surface area contributed by atoms with Gasteiger partial charge in [0.05, 0.1) is 6.42 Å². The quantitative estimate of drug-likeness (QED) is 0.889. The molecule has 18 heavy (non-hydrogen) atoms. The van der Waals surface area contributed by atoms with Crippen LogP contribution < -0.4 is 0 Å². The molecule has 1 unspecified atom stereocenters. The number of carbonyl (C=O) groups is 1. The number of aliphatic carboxylic acids is 1. The van der Waals surface area contributed by atoms with Crippen LogP contribution in [0.15, 0.2) is 18.2 Å². The summed E-state index contributed by atoms with van der Waals surface area (Å²) in [6.07, 6.45) is 3.96. The molecule has 4 heteroatoms. The van der Waals surface area contributed by atoms with Gasteiger partial charge in [-0.2, -0.15) is 0 Å². The van der Waals surface area contributed by atoms with E-state index in [1.54, 1.807) is 0 Å². The fraction of sp³-hybridized carbons (Fsp3) is 0.500. The lowest BCUT2D eigenvalue weighted by Crippen LogP contribution is -2.15. The Hall–Kier alpha value is -1.45. The first-order chi connectivity index (χ1) is 8.56. The Kier molecular flexibility index (Phi) is 3.94. The molecule has 1 N–H and O–H groups in total. The minimum Gasteiger partial charge on any atom is -0.481 e. The number of benzene rings is 1. The monoisotopic (exact) mass is 254 g/mol. The number of hydrogen-bond acceptors (Lipinski definition) is 1. The Morgan fingerprint density at radius 2 is 1.78 bits per heavy atom. The summed E-state index contributed by atoms with van der Waals surface area (Å²) in [5.74, 6) is -2.26. The Bertz CT molecular complexity index is 419. The molecular weight excluding hydrogens is 238 g/mol. The van der Waals surface area contributed by atoms with Crippen molar-refractivity contribution in [3.8, 4) is 0 Å². The predicted octanol–water partition coefficient (Wildman–Crippen LogP) is 3.71. The molecule has 1 saturated carbocycles. The van der Waals surface area contributed by atoms with Crippen molar-refractivity contribution in [1.29, 1.82) is 0 Å². The molecule has 0 aromatic heterocycles. The number of carboxylic acids is 1. The lowest BCUT2D eigenvalue weighted by molar-refractivity contribution is -0.137. The molecule has 1 aliphatic rings. The van der Waals surface area contributed by atoms with Gasteiger partial charge >= 0.3 is 5.97 Å². The van der Waals surface area contributed by atoms with Crippen LogP contribution in [-0.4, -0.2) is 11.1 Å². The Balaban J connectivity index is 2.28. The Morgan fingerprint density at radius 3 is 2.28 bits per heavy atom. The Morgan fingerprint density at radius 1 is 1.22 bits per heavy atom. The van der Waals surface area contributed by atoms with Crippen molar-refractivity contribution in [2.45, 2.75) is 38.0 Å². The second kappa shape index (κ2) is 5.46. The molecule has 0 spiro atoms. The zero-order valence-electron chi connectivity index (χ0n) is 10.0. The topological polar surface area (TPSA) is 37.3 Å². The van der Waals surface area contributed by atoms with Crippen LogP contribution in [0.25, 0.3) is 0 Å². The maximum atomic E-state index is 13.2. The molecular formula is C14H16F2O2. The first-order valence-electron chi connectivity index (χ1n) is 6.24. The Labute approximate surface area is 105 Å². The van der Waals surface area contributed by atoms with E-state index in [4.69, 9.17) is 5.11 Å². The molecule has 1 fully saturated rings. The highest BCUT2D eigenvalue weighted by Gasteiger charge is 2.28. The van der Waals surface area contributed by atoms with E-state index in [1.165, 1.54) is 12.1 Å². The SMILES string of the molecule is O=C(O)CC(c1cc(F)cc(F)c1)C1CCCC1. The van der Waals surface area contributed by atoms with E-state index >= 15 is 0 Å². The maximum absolute atomic E-state index is 13.2. The van der Waals surface area contributed by atoms with E-state index < -0.39 is 17.6 Å². The standard InChI is InChI=1S/C14H16F2O2/c15-11-5-10(6-12(16)7-11)13(8-14(17)18)9-3-1-2-4-9/h5-7,9,13H,1-4,8H2,(H,17,18). The molecule has 0 aliphatic heterocycles. The number of hydrogen-bond donors (Lipinski definition) is 1. The summed E-state index contributed by atoms with van der Waals surface area (Å²) in [6, 6.07) is 3.33. The van der Waals surface area contributed by atoms with Crippen LogP contribution in [-0.2, 0) is 4.79 Å². The zero-order valence-corrected chi connectivity index (χ0v) is 10.0. The van der Waals surface area contributed by atoms with Gasteiger partial charge in [0.1, 0.15) is 11.6 Å². The van der Waals surface area contributed by atoms with Crippen LogP contribution in [0.2, 0.25) is 0 Å². The van der Waals surface area contributed by atoms with Crippen LogP contribution >= 0.6 is 0 Å². The van der Waals surface area contributed by atoms with Gasteiger partial charge in [-0.15, -0.1) is 0 Å². The number of rotatable bonds is 4. The van der Waals surface area contributed by atoms with Gasteiger partial charge in [0.2, 0.25) is 0 Å². The van der Waals surface area contributed by atoms with E-state index in [2.05, 4.69) is 0 Å². The lowest BCUT2D eigenvalue weighted by Gasteiger charge is -2.22. The normalized spacial score (nSPS) is 17.9. The van der Waals surface area contributed by atoms with Gasteiger partial charge in [0.15, 0.2) is 0 Å². The predicted molar refractivity (Wildman–Crippen MR) is 63.3 cm³/mol. The van der Waals surface area contributed by atoms with E-state index in [-0.39, 0.29) is 18.3 Å². The minimum atomic E-state index is -0.920. The molecule has 98 valence electrons. The van der Waals surface area contributed by atoms with Gasteiger partial charge in [-0.25, -0.2) is 8.78 Å². The number of halogens is 2. The molecule has 1 aromatic rings.